The Morgan fingerprint density at radius 2 is 1.59 bits per heavy atom. The highest BCUT2D eigenvalue weighted by Gasteiger charge is 2.57. The van der Waals surface area contributed by atoms with E-state index in [1.165, 1.54) is 0 Å². The second-order valence-electron chi connectivity index (χ2n) is 19.2. The molecule has 3 fully saturated rings. The summed E-state index contributed by atoms with van der Waals surface area (Å²) in [7, 11) is -6.09. The van der Waals surface area contributed by atoms with Crippen LogP contribution in [-0.2, 0) is 32.3 Å². The van der Waals surface area contributed by atoms with E-state index in [4.69, 9.17) is 39.0 Å². The molecule has 3 saturated heterocycles. The SMILES string of the molecule is CC[Si](CC)(CC)O[C@@H]1[C@H](CC(=O)Sc2ccccn2)O[C@]2(C[C@H](N)C3O[C@H](CC[C@H](CO[Si](C)(C)C(C)(C)C)O[Si](C)(C)C(C)(C)C)CC3O2)C[C@@H]1N. The topological polar surface area (TPSA) is 137 Å². The van der Waals surface area contributed by atoms with Crippen molar-refractivity contribution in [2.75, 3.05) is 6.61 Å². The van der Waals surface area contributed by atoms with E-state index in [0.717, 1.165) is 42.7 Å². The van der Waals surface area contributed by atoms with E-state index in [1.54, 1.807) is 6.20 Å². The molecule has 0 bridgehead atoms. The monoisotopic (exact) mass is 825 g/mol. The molecule has 2 unspecified atom stereocenters. The Kier molecular flexibility index (Phi) is 15.6. The van der Waals surface area contributed by atoms with Gasteiger partial charge in [-0.3, -0.25) is 4.79 Å². The summed E-state index contributed by atoms with van der Waals surface area (Å²) in [6.45, 7) is 30.1. The van der Waals surface area contributed by atoms with Crippen molar-refractivity contribution in [3.8, 4) is 0 Å². The lowest BCUT2D eigenvalue weighted by atomic mass is 9.85. The van der Waals surface area contributed by atoms with Crippen LogP contribution in [0.25, 0.3) is 0 Å². The first-order chi connectivity index (χ1) is 25.0. The lowest BCUT2D eigenvalue weighted by molar-refractivity contribution is -0.339. The molecule has 0 amide bonds. The lowest BCUT2D eigenvalue weighted by Crippen LogP contribution is -2.67. The molecular weight excluding hydrogens is 751 g/mol. The number of pyridine rings is 1. The quantitative estimate of drug-likeness (QED) is 0.122. The number of hydrogen-bond acceptors (Lipinski definition) is 11. The average molecular weight is 826 g/mol. The summed E-state index contributed by atoms with van der Waals surface area (Å²) in [5.41, 5.74) is 14.0. The summed E-state index contributed by atoms with van der Waals surface area (Å²) in [5.74, 6) is -1.02. The lowest BCUT2D eigenvalue weighted by Gasteiger charge is -2.53. The normalized spacial score (nSPS) is 30.4. The molecule has 4 heterocycles. The molecule has 1 aromatic rings. The van der Waals surface area contributed by atoms with Crippen molar-refractivity contribution < 1.29 is 32.3 Å². The number of carbonyl (C=O) groups excluding carboxylic acids is 1. The van der Waals surface area contributed by atoms with Gasteiger partial charge >= 0.3 is 0 Å². The van der Waals surface area contributed by atoms with E-state index in [0.29, 0.717) is 30.9 Å². The van der Waals surface area contributed by atoms with Crippen LogP contribution in [0.4, 0.5) is 0 Å². The molecule has 1 aromatic heterocycles. The highest BCUT2D eigenvalue weighted by molar-refractivity contribution is 8.13. The third-order valence-electron chi connectivity index (χ3n) is 13.3. The fourth-order valence-corrected chi connectivity index (χ4v) is 13.6. The van der Waals surface area contributed by atoms with Gasteiger partial charge in [0.15, 0.2) is 35.9 Å². The van der Waals surface area contributed by atoms with Gasteiger partial charge in [-0.2, -0.15) is 0 Å². The molecule has 0 radical (unpaired) electrons. The highest BCUT2D eigenvalue weighted by Crippen LogP contribution is 2.46. The Hall–Kier alpha value is -0.499. The second kappa shape index (κ2) is 18.2. The van der Waals surface area contributed by atoms with Crippen molar-refractivity contribution in [2.24, 2.45) is 11.5 Å². The van der Waals surface area contributed by atoms with Crippen molar-refractivity contribution >= 4 is 41.8 Å². The zero-order valence-corrected chi connectivity index (χ0v) is 39.7. The molecule has 54 heavy (non-hydrogen) atoms. The molecule has 3 aliphatic rings. The van der Waals surface area contributed by atoms with E-state index in [-0.39, 0.29) is 58.1 Å². The summed E-state index contributed by atoms with van der Waals surface area (Å²) in [4.78, 5) is 17.9. The molecule has 4 N–H and O–H groups in total. The molecule has 310 valence electrons. The Balaban J connectivity index is 1.49. The maximum Gasteiger partial charge on any atom is 0.197 e. The number of hydrogen-bond donors (Lipinski definition) is 2. The zero-order chi connectivity index (χ0) is 40.3. The minimum atomic E-state index is -2.08. The summed E-state index contributed by atoms with van der Waals surface area (Å²) < 4.78 is 41.3. The fraction of sp³-hybridized carbons (Fsp3) is 0.850. The maximum atomic E-state index is 13.5. The number of nitrogens with zero attached hydrogens (tertiary/aromatic N) is 1. The molecule has 4 rings (SSSR count). The first-order valence-corrected chi connectivity index (χ1v) is 29.8. The van der Waals surface area contributed by atoms with Gasteiger partial charge in [-0.25, -0.2) is 4.98 Å². The van der Waals surface area contributed by atoms with Gasteiger partial charge in [0.25, 0.3) is 0 Å². The number of carbonyl (C=O) groups is 1. The largest absolute Gasteiger partial charge is 0.414 e. The standard InChI is InChI=1S/C40H75N3O7SSi3/c1-14-54(15-2,16-3)50-37-31(42)26-40(48-33(37)24-35(44)51-34-19-17-18-22-43-34)25-30(41)36-32(47-40)23-28(46-36)20-21-29(49-53(12,13)39(7,8)9)27-45-52(10,11)38(4,5)6/h17-19,22,28-33,36-37H,14-16,20-21,23-27,41-42H2,1-13H3/t28-,29-,30+,31+,32?,33+,36?,37+,40-/m1/s1. The summed E-state index contributed by atoms with van der Waals surface area (Å²) in [6.07, 6.45) is 3.61. The van der Waals surface area contributed by atoms with Crippen LogP contribution in [0.15, 0.2) is 29.4 Å². The van der Waals surface area contributed by atoms with E-state index in [1.807, 2.05) is 18.2 Å². The van der Waals surface area contributed by atoms with Gasteiger partial charge in [-0.1, -0.05) is 68.4 Å². The van der Waals surface area contributed by atoms with Crippen LogP contribution in [0.1, 0.15) is 101 Å². The number of aromatic nitrogens is 1. The predicted molar refractivity (Wildman–Crippen MR) is 227 cm³/mol. The Bertz CT molecular complexity index is 1350. The third kappa shape index (κ3) is 11.4. The number of ether oxygens (including phenoxy) is 3. The number of fused-ring (bicyclic) bond motifs is 1. The van der Waals surface area contributed by atoms with Gasteiger partial charge in [0.05, 0.1) is 43.2 Å². The predicted octanol–water partition coefficient (Wildman–Crippen LogP) is 8.76. The van der Waals surface area contributed by atoms with Gasteiger partial charge in [-0.15, -0.1) is 0 Å². The van der Waals surface area contributed by atoms with Crippen molar-refractivity contribution in [2.45, 2.75) is 215 Å². The maximum absolute atomic E-state index is 13.5. The Morgan fingerprint density at radius 3 is 2.17 bits per heavy atom. The molecule has 10 nitrogen and oxygen atoms in total. The minimum Gasteiger partial charge on any atom is -0.414 e. The van der Waals surface area contributed by atoms with Crippen LogP contribution in [-0.4, -0.2) is 96.2 Å². The van der Waals surface area contributed by atoms with E-state index >= 15 is 0 Å². The van der Waals surface area contributed by atoms with Crippen molar-refractivity contribution in [1.29, 1.82) is 0 Å². The van der Waals surface area contributed by atoms with Crippen LogP contribution in [0.3, 0.4) is 0 Å². The fourth-order valence-electron chi connectivity index (χ4n) is 7.58. The van der Waals surface area contributed by atoms with Crippen LogP contribution in [0.2, 0.25) is 54.4 Å². The van der Waals surface area contributed by atoms with E-state index in [2.05, 4.69) is 93.5 Å². The zero-order valence-electron chi connectivity index (χ0n) is 35.9. The summed E-state index contributed by atoms with van der Waals surface area (Å²) in [6, 6.07) is 7.84. The Morgan fingerprint density at radius 1 is 0.963 bits per heavy atom. The summed E-state index contributed by atoms with van der Waals surface area (Å²) in [5, 5.41) is 0.830. The van der Waals surface area contributed by atoms with Crippen LogP contribution < -0.4 is 11.5 Å². The molecular formula is C40H75N3O7SSi3. The third-order valence-corrected chi connectivity index (χ3v) is 27.8. The molecule has 9 atom stereocenters. The number of nitrogens with two attached hydrogens (primary N) is 2. The first kappa shape index (κ1) is 46.2. The van der Waals surface area contributed by atoms with Crippen LogP contribution >= 0.6 is 11.8 Å². The Labute approximate surface area is 335 Å². The minimum absolute atomic E-state index is 0.0175. The van der Waals surface area contributed by atoms with Gasteiger partial charge in [0.2, 0.25) is 0 Å². The smallest absolute Gasteiger partial charge is 0.197 e. The molecule has 0 aromatic carbocycles. The van der Waals surface area contributed by atoms with E-state index in [9.17, 15) is 4.79 Å². The molecule has 1 spiro atoms. The van der Waals surface area contributed by atoms with Gasteiger partial charge < -0.3 is 39.0 Å². The van der Waals surface area contributed by atoms with Crippen molar-refractivity contribution in [3.05, 3.63) is 24.4 Å². The number of rotatable bonds is 16. The molecule has 0 saturated carbocycles. The van der Waals surface area contributed by atoms with Gasteiger partial charge in [0, 0.05) is 44.0 Å². The van der Waals surface area contributed by atoms with Crippen molar-refractivity contribution in [1.82, 2.24) is 4.98 Å². The molecule has 14 heteroatoms. The molecule has 0 aliphatic carbocycles. The van der Waals surface area contributed by atoms with Gasteiger partial charge in [-0.05, 0) is 91.1 Å². The second-order valence-corrected chi connectivity index (χ2v) is 34.6. The average Bonchev–Trinajstić information content (AvgIpc) is 3.48. The summed E-state index contributed by atoms with van der Waals surface area (Å²) >= 11 is 1.13. The number of thioether (sulfide) groups is 1. The molecule has 3 aliphatic heterocycles. The van der Waals surface area contributed by atoms with Crippen molar-refractivity contribution in [3.63, 3.8) is 0 Å². The van der Waals surface area contributed by atoms with Crippen LogP contribution in [0, 0.1) is 0 Å². The van der Waals surface area contributed by atoms with Crippen LogP contribution in [0.5, 0.6) is 0 Å². The van der Waals surface area contributed by atoms with Gasteiger partial charge in [0.1, 0.15) is 5.03 Å². The highest BCUT2D eigenvalue weighted by atomic mass is 32.2. The first-order valence-electron chi connectivity index (χ1n) is 20.6. The van der Waals surface area contributed by atoms with E-state index < -0.39 is 42.9 Å².